The highest BCUT2D eigenvalue weighted by Crippen LogP contribution is 2.15. The summed E-state index contributed by atoms with van der Waals surface area (Å²) in [6.07, 6.45) is 0. The van der Waals surface area contributed by atoms with Crippen molar-refractivity contribution in [3.63, 3.8) is 0 Å². The SMILES string of the molecule is CCNS(=O)(=O)c1ccc(NC(=O)C(C)CCl)cc1. The standard InChI is InChI=1S/C12H17ClN2O3S/c1-3-14-19(17,18)11-6-4-10(5-7-11)15-12(16)9(2)8-13/h4-7,9,14H,3,8H2,1-2H3,(H,15,16). The van der Waals surface area contributed by atoms with Gasteiger partial charge in [-0.15, -0.1) is 11.6 Å². The van der Waals surface area contributed by atoms with E-state index >= 15 is 0 Å². The van der Waals surface area contributed by atoms with Crippen LogP contribution in [0.25, 0.3) is 0 Å². The lowest BCUT2D eigenvalue weighted by molar-refractivity contribution is -0.118. The van der Waals surface area contributed by atoms with Crippen molar-refractivity contribution in [1.82, 2.24) is 4.72 Å². The lowest BCUT2D eigenvalue weighted by Gasteiger charge is -2.10. The number of sulfonamides is 1. The fourth-order valence-electron chi connectivity index (χ4n) is 1.33. The number of hydrogen-bond donors (Lipinski definition) is 2. The Labute approximate surface area is 118 Å². The summed E-state index contributed by atoms with van der Waals surface area (Å²) in [7, 11) is -3.46. The molecule has 0 aliphatic carbocycles. The van der Waals surface area contributed by atoms with E-state index in [9.17, 15) is 13.2 Å². The van der Waals surface area contributed by atoms with Crippen LogP contribution in [0, 0.1) is 5.92 Å². The largest absolute Gasteiger partial charge is 0.326 e. The summed E-state index contributed by atoms with van der Waals surface area (Å²) < 4.78 is 25.8. The van der Waals surface area contributed by atoms with Crippen LogP contribution in [0.15, 0.2) is 29.2 Å². The Balaban J connectivity index is 2.80. The first-order valence-corrected chi connectivity index (χ1v) is 7.89. The molecule has 0 heterocycles. The van der Waals surface area contributed by atoms with Crippen LogP contribution in [-0.2, 0) is 14.8 Å². The molecule has 0 fully saturated rings. The summed E-state index contributed by atoms with van der Waals surface area (Å²) >= 11 is 5.58. The molecule has 0 spiro atoms. The van der Waals surface area contributed by atoms with Crippen LogP contribution >= 0.6 is 11.6 Å². The first-order chi connectivity index (χ1) is 8.90. The number of alkyl halides is 1. The molecular formula is C12H17ClN2O3S. The monoisotopic (exact) mass is 304 g/mol. The quantitative estimate of drug-likeness (QED) is 0.787. The van der Waals surface area contributed by atoms with Gasteiger partial charge in [-0.05, 0) is 24.3 Å². The molecule has 0 aliphatic rings. The van der Waals surface area contributed by atoms with E-state index in [1.165, 1.54) is 12.1 Å². The van der Waals surface area contributed by atoms with Crippen LogP contribution in [0.3, 0.4) is 0 Å². The van der Waals surface area contributed by atoms with Gasteiger partial charge in [0, 0.05) is 24.0 Å². The van der Waals surface area contributed by atoms with Crippen molar-refractivity contribution in [3.05, 3.63) is 24.3 Å². The maximum atomic E-state index is 11.7. The molecule has 106 valence electrons. The Morgan fingerprint density at radius 2 is 1.89 bits per heavy atom. The topological polar surface area (TPSA) is 75.3 Å². The average Bonchev–Trinajstić information content (AvgIpc) is 2.38. The van der Waals surface area contributed by atoms with Gasteiger partial charge in [-0.3, -0.25) is 4.79 Å². The number of carbonyl (C=O) groups is 1. The Kier molecular flexibility index (Phi) is 5.78. The lowest BCUT2D eigenvalue weighted by Crippen LogP contribution is -2.23. The zero-order chi connectivity index (χ0) is 14.5. The zero-order valence-electron chi connectivity index (χ0n) is 10.8. The third-order valence-electron chi connectivity index (χ3n) is 2.45. The van der Waals surface area contributed by atoms with Crippen LogP contribution in [0.5, 0.6) is 0 Å². The molecule has 1 atom stereocenters. The predicted molar refractivity (Wildman–Crippen MR) is 75.8 cm³/mol. The average molecular weight is 305 g/mol. The molecule has 1 rings (SSSR count). The number of amides is 1. The number of benzene rings is 1. The maximum absolute atomic E-state index is 11.7. The number of nitrogens with one attached hydrogen (secondary N) is 2. The van der Waals surface area contributed by atoms with Gasteiger partial charge in [-0.25, -0.2) is 13.1 Å². The fourth-order valence-corrected chi connectivity index (χ4v) is 2.51. The van der Waals surface area contributed by atoms with Gasteiger partial charge in [-0.1, -0.05) is 13.8 Å². The van der Waals surface area contributed by atoms with Crippen molar-refractivity contribution in [1.29, 1.82) is 0 Å². The molecule has 1 amide bonds. The number of carbonyl (C=O) groups excluding carboxylic acids is 1. The van der Waals surface area contributed by atoms with Gasteiger partial charge >= 0.3 is 0 Å². The normalized spacial score (nSPS) is 13.0. The molecule has 0 saturated heterocycles. The molecule has 1 aromatic rings. The van der Waals surface area contributed by atoms with Crippen molar-refractivity contribution in [2.24, 2.45) is 5.92 Å². The highest BCUT2D eigenvalue weighted by molar-refractivity contribution is 7.89. The van der Waals surface area contributed by atoms with E-state index in [1.54, 1.807) is 26.0 Å². The second kappa shape index (κ2) is 6.88. The van der Waals surface area contributed by atoms with E-state index < -0.39 is 10.0 Å². The van der Waals surface area contributed by atoms with Crippen molar-refractivity contribution in [2.45, 2.75) is 18.7 Å². The first-order valence-electron chi connectivity index (χ1n) is 5.87. The third-order valence-corrected chi connectivity index (χ3v) is 4.47. The van der Waals surface area contributed by atoms with E-state index in [2.05, 4.69) is 10.0 Å². The van der Waals surface area contributed by atoms with Gasteiger partial charge in [0.1, 0.15) is 0 Å². The molecule has 0 bridgehead atoms. The highest BCUT2D eigenvalue weighted by Gasteiger charge is 2.14. The van der Waals surface area contributed by atoms with Crippen molar-refractivity contribution < 1.29 is 13.2 Å². The summed E-state index contributed by atoms with van der Waals surface area (Å²) in [6.45, 7) is 3.75. The second-order valence-corrected chi connectivity index (χ2v) is 6.15. The van der Waals surface area contributed by atoms with Crippen LogP contribution in [0.2, 0.25) is 0 Å². The van der Waals surface area contributed by atoms with E-state index in [4.69, 9.17) is 11.6 Å². The summed E-state index contributed by atoms with van der Waals surface area (Å²) in [5.41, 5.74) is 0.539. The smallest absolute Gasteiger partial charge is 0.240 e. The first kappa shape index (κ1) is 15.9. The molecule has 1 aromatic carbocycles. The number of hydrogen-bond acceptors (Lipinski definition) is 3. The van der Waals surface area contributed by atoms with Crippen LogP contribution in [0.4, 0.5) is 5.69 Å². The molecule has 2 N–H and O–H groups in total. The maximum Gasteiger partial charge on any atom is 0.240 e. The Bertz CT molecular complexity index is 528. The van der Waals surface area contributed by atoms with Gasteiger partial charge in [-0.2, -0.15) is 0 Å². The van der Waals surface area contributed by atoms with Gasteiger partial charge in [0.15, 0.2) is 0 Å². The van der Waals surface area contributed by atoms with Gasteiger partial charge in [0.05, 0.1) is 4.90 Å². The highest BCUT2D eigenvalue weighted by atomic mass is 35.5. The van der Waals surface area contributed by atoms with Crippen LogP contribution in [-0.4, -0.2) is 26.7 Å². The number of rotatable bonds is 6. The molecule has 19 heavy (non-hydrogen) atoms. The molecule has 0 saturated carbocycles. The van der Waals surface area contributed by atoms with Gasteiger partial charge in [0.25, 0.3) is 0 Å². The van der Waals surface area contributed by atoms with E-state index in [0.717, 1.165) is 0 Å². The third kappa shape index (κ3) is 4.49. The second-order valence-electron chi connectivity index (χ2n) is 4.07. The lowest BCUT2D eigenvalue weighted by atomic mass is 10.2. The Hall–Kier alpha value is -1.11. The van der Waals surface area contributed by atoms with Gasteiger partial charge < -0.3 is 5.32 Å². The van der Waals surface area contributed by atoms with Crippen molar-refractivity contribution in [3.8, 4) is 0 Å². The van der Waals surface area contributed by atoms with Crippen LogP contribution in [0.1, 0.15) is 13.8 Å². The van der Waals surface area contributed by atoms with Gasteiger partial charge in [0.2, 0.25) is 15.9 Å². The number of halogens is 1. The molecule has 0 aromatic heterocycles. The fraction of sp³-hybridized carbons (Fsp3) is 0.417. The Morgan fingerprint density at radius 1 is 1.32 bits per heavy atom. The molecular weight excluding hydrogens is 288 g/mol. The predicted octanol–water partition coefficient (Wildman–Crippen LogP) is 1.80. The van der Waals surface area contributed by atoms with Crippen LogP contribution < -0.4 is 10.0 Å². The summed E-state index contributed by atoms with van der Waals surface area (Å²) in [6, 6.07) is 5.98. The summed E-state index contributed by atoms with van der Waals surface area (Å²) in [5, 5.41) is 2.66. The molecule has 1 unspecified atom stereocenters. The Morgan fingerprint density at radius 3 is 2.37 bits per heavy atom. The minimum atomic E-state index is -3.46. The molecule has 0 aliphatic heterocycles. The van der Waals surface area contributed by atoms with E-state index in [-0.39, 0.29) is 22.6 Å². The van der Waals surface area contributed by atoms with E-state index in [0.29, 0.717) is 12.2 Å². The molecule has 0 radical (unpaired) electrons. The molecule has 7 heteroatoms. The number of anilines is 1. The summed E-state index contributed by atoms with van der Waals surface area (Å²) in [4.78, 5) is 11.8. The van der Waals surface area contributed by atoms with Crippen molar-refractivity contribution in [2.75, 3.05) is 17.7 Å². The zero-order valence-corrected chi connectivity index (χ0v) is 12.4. The van der Waals surface area contributed by atoms with Crippen molar-refractivity contribution >= 4 is 33.2 Å². The minimum absolute atomic E-state index is 0.165. The summed E-state index contributed by atoms with van der Waals surface area (Å²) in [5.74, 6) is -0.261. The van der Waals surface area contributed by atoms with E-state index in [1.807, 2.05) is 0 Å². The molecule has 5 nitrogen and oxygen atoms in total. The minimum Gasteiger partial charge on any atom is -0.326 e.